The molecule has 0 spiro atoms. The Hall–Kier alpha value is -3.72. The van der Waals surface area contributed by atoms with E-state index in [4.69, 9.17) is 18.5 Å². The molecule has 4 atom stereocenters. The summed E-state index contributed by atoms with van der Waals surface area (Å²) in [6.45, 7) is 11.3. The number of aryl methyl sites for hydroxylation is 4. The molecular weight excluding hydrogens is 542 g/mol. The van der Waals surface area contributed by atoms with Crippen molar-refractivity contribution in [3.05, 3.63) is 107 Å². The van der Waals surface area contributed by atoms with Crippen molar-refractivity contribution in [2.45, 2.75) is 53.2 Å². The van der Waals surface area contributed by atoms with Crippen LogP contribution in [0.15, 0.2) is 84.9 Å². The smallest absolute Gasteiger partial charge is 0.443 e. The molecule has 0 radical (unpaired) electrons. The average Bonchev–Trinajstić information content (AvgIpc) is 2.93. The predicted molar refractivity (Wildman–Crippen MR) is 160 cm³/mol. The largest absolute Gasteiger partial charge is 0.601 e. The topological polar surface area (TPSA) is 71.1 Å². The standard InChI is InChI=1S/C32H34O6P2/c1-21-9-7-10-22(2)31(21)35-25(5)39(33)37-29-17-13-27(14-18-29)28-15-19-30(20-16-28)38-40(34)26(6)36-32-23(3)11-8-12-24(32)4/h7-20,25-26H,1-6H3/q+2. The normalized spacial score (nSPS) is 13.2. The Morgan fingerprint density at radius 1 is 0.500 bits per heavy atom. The zero-order chi connectivity index (χ0) is 28.8. The van der Waals surface area contributed by atoms with E-state index in [0.29, 0.717) is 11.5 Å². The van der Waals surface area contributed by atoms with Gasteiger partial charge in [0.05, 0.1) is 0 Å². The Kier molecular flexibility index (Phi) is 9.58. The summed E-state index contributed by atoms with van der Waals surface area (Å²) >= 11 is 0. The maximum absolute atomic E-state index is 12.8. The van der Waals surface area contributed by atoms with Crippen molar-refractivity contribution in [2.75, 3.05) is 0 Å². The van der Waals surface area contributed by atoms with E-state index >= 15 is 0 Å². The fourth-order valence-corrected chi connectivity index (χ4v) is 5.51. The van der Waals surface area contributed by atoms with Crippen LogP contribution < -0.4 is 18.5 Å². The minimum absolute atomic E-state index is 0.497. The first-order valence-electron chi connectivity index (χ1n) is 13.1. The highest BCUT2D eigenvalue weighted by atomic mass is 31.1. The van der Waals surface area contributed by atoms with E-state index < -0.39 is 27.7 Å². The van der Waals surface area contributed by atoms with Gasteiger partial charge < -0.3 is 9.47 Å². The van der Waals surface area contributed by atoms with Gasteiger partial charge in [-0.3, -0.25) is 9.05 Å². The predicted octanol–water partition coefficient (Wildman–Crippen LogP) is 9.68. The van der Waals surface area contributed by atoms with E-state index in [0.717, 1.165) is 44.9 Å². The van der Waals surface area contributed by atoms with Crippen LogP contribution in [0.25, 0.3) is 11.1 Å². The summed E-state index contributed by atoms with van der Waals surface area (Å²) in [6, 6.07) is 26.5. The summed E-state index contributed by atoms with van der Waals surface area (Å²) < 4.78 is 48.8. The van der Waals surface area contributed by atoms with Crippen molar-refractivity contribution in [3.8, 4) is 34.1 Å². The molecule has 0 heterocycles. The summed E-state index contributed by atoms with van der Waals surface area (Å²) in [4.78, 5) is 0. The minimum atomic E-state index is -2.10. The molecule has 0 N–H and O–H groups in total. The SMILES string of the molecule is Cc1cccc(C)c1OC(C)[P+](=O)Oc1ccc(-c2ccc(O[P+](=O)C(C)Oc3c(C)cccc3C)cc2)cc1. The van der Waals surface area contributed by atoms with Crippen LogP contribution in [0.1, 0.15) is 36.1 Å². The van der Waals surface area contributed by atoms with Gasteiger partial charge in [-0.25, -0.2) is 0 Å². The van der Waals surface area contributed by atoms with Gasteiger partial charge in [0.1, 0.15) is 11.5 Å². The minimum Gasteiger partial charge on any atom is -0.443 e. The third kappa shape index (κ3) is 7.27. The average molecular weight is 577 g/mol. The molecule has 0 aromatic heterocycles. The van der Waals surface area contributed by atoms with Crippen molar-refractivity contribution in [1.82, 2.24) is 0 Å². The fraction of sp³-hybridized carbons (Fsp3) is 0.250. The van der Waals surface area contributed by atoms with Crippen LogP contribution in [0.5, 0.6) is 23.0 Å². The number of para-hydroxylation sites is 2. The van der Waals surface area contributed by atoms with Crippen LogP contribution >= 0.6 is 16.1 Å². The molecule has 0 saturated heterocycles. The second-order valence-electron chi connectivity index (χ2n) is 9.68. The zero-order valence-corrected chi connectivity index (χ0v) is 25.4. The Bertz CT molecular complexity index is 1340. The van der Waals surface area contributed by atoms with E-state index in [9.17, 15) is 9.13 Å². The number of ether oxygens (including phenoxy) is 2. The first-order valence-corrected chi connectivity index (χ1v) is 15.6. The highest BCUT2D eigenvalue weighted by Crippen LogP contribution is 2.38. The van der Waals surface area contributed by atoms with Crippen molar-refractivity contribution >= 4 is 16.1 Å². The number of hydrogen-bond donors (Lipinski definition) is 0. The lowest BCUT2D eigenvalue weighted by molar-refractivity contribution is 0.278. The second-order valence-corrected chi connectivity index (χ2v) is 12.6. The summed E-state index contributed by atoms with van der Waals surface area (Å²) in [6.07, 6.45) is 0. The van der Waals surface area contributed by atoms with Gasteiger partial charge in [0.2, 0.25) is 0 Å². The lowest BCUT2D eigenvalue weighted by Crippen LogP contribution is -2.10. The van der Waals surface area contributed by atoms with Gasteiger partial charge in [-0.2, -0.15) is 0 Å². The number of benzene rings is 4. The summed E-state index contributed by atoms with van der Waals surface area (Å²) in [5, 5.41) is 0. The second kappa shape index (κ2) is 13.1. The van der Waals surface area contributed by atoms with Gasteiger partial charge in [-0.15, -0.1) is 0 Å². The highest BCUT2D eigenvalue weighted by Gasteiger charge is 2.33. The summed E-state index contributed by atoms with van der Waals surface area (Å²) in [5.41, 5.74) is 5.85. The lowest BCUT2D eigenvalue weighted by atomic mass is 10.1. The zero-order valence-electron chi connectivity index (χ0n) is 23.6. The maximum Gasteiger partial charge on any atom is 0.601 e. The van der Waals surface area contributed by atoms with Crippen molar-refractivity contribution in [2.24, 2.45) is 0 Å². The monoisotopic (exact) mass is 576 g/mol. The molecule has 40 heavy (non-hydrogen) atoms. The first kappa shape index (κ1) is 29.3. The molecule has 0 aliphatic rings. The van der Waals surface area contributed by atoms with Gasteiger partial charge in [0.25, 0.3) is 0 Å². The molecule has 8 heteroatoms. The molecule has 206 valence electrons. The van der Waals surface area contributed by atoms with Gasteiger partial charge in [0, 0.05) is 13.8 Å². The molecule has 4 aromatic rings. The van der Waals surface area contributed by atoms with Gasteiger partial charge >= 0.3 is 27.7 Å². The van der Waals surface area contributed by atoms with E-state index in [1.54, 1.807) is 38.1 Å². The summed E-state index contributed by atoms with van der Waals surface area (Å²) in [7, 11) is -4.19. The molecule has 0 amide bonds. The molecule has 0 saturated carbocycles. The van der Waals surface area contributed by atoms with Crippen molar-refractivity contribution in [3.63, 3.8) is 0 Å². The van der Waals surface area contributed by atoms with Gasteiger partial charge in [-0.1, -0.05) is 60.7 Å². The molecular formula is C32H34O6P2+2. The van der Waals surface area contributed by atoms with Crippen LogP contribution in [0, 0.1) is 27.7 Å². The molecule has 0 bridgehead atoms. The molecule has 4 rings (SSSR count). The van der Waals surface area contributed by atoms with Crippen LogP contribution in [-0.2, 0) is 9.13 Å². The number of rotatable bonds is 11. The van der Waals surface area contributed by atoms with Crippen LogP contribution in [0.2, 0.25) is 0 Å². The van der Waals surface area contributed by atoms with Crippen LogP contribution in [-0.4, -0.2) is 11.7 Å². The highest BCUT2D eigenvalue weighted by molar-refractivity contribution is 7.40. The van der Waals surface area contributed by atoms with Crippen molar-refractivity contribution in [1.29, 1.82) is 0 Å². The van der Waals surface area contributed by atoms with E-state index in [-0.39, 0.29) is 0 Å². The lowest BCUT2D eigenvalue weighted by Gasteiger charge is -2.11. The summed E-state index contributed by atoms with van der Waals surface area (Å²) in [5.74, 6) is 1.24. The Morgan fingerprint density at radius 2 is 0.800 bits per heavy atom. The molecule has 0 aliphatic carbocycles. The number of hydrogen-bond acceptors (Lipinski definition) is 6. The van der Waals surface area contributed by atoms with Crippen molar-refractivity contribution < 1.29 is 27.7 Å². The first-order chi connectivity index (χ1) is 19.1. The van der Waals surface area contributed by atoms with Gasteiger partial charge in [0.15, 0.2) is 11.5 Å². The fourth-order valence-electron chi connectivity index (χ4n) is 4.17. The third-order valence-electron chi connectivity index (χ3n) is 6.42. The quantitative estimate of drug-likeness (QED) is 0.166. The Labute approximate surface area is 238 Å². The Morgan fingerprint density at radius 3 is 1.10 bits per heavy atom. The van der Waals surface area contributed by atoms with Gasteiger partial charge in [-0.05, 0) is 94.5 Å². The molecule has 4 aromatic carbocycles. The van der Waals surface area contributed by atoms with E-state index in [2.05, 4.69) is 0 Å². The molecule has 0 aliphatic heterocycles. The van der Waals surface area contributed by atoms with E-state index in [1.807, 2.05) is 88.4 Å². The van der Waals surface area contributed by atoms with Crippen LogP contribution in [0.4, 0.5) is 0 Å². The molecule has 4 unspecified atom stereocenters. The molecule has 6 nitrogen and oxygen atoms in total. The van der Waals surface area contributed by atoms with E-state index in [1.165, 1.54) is 0 Å². The maximum atomic E-state index is 12.8. The molecule has 0 fully saturated rings. The third-order valence-corrected chi connectivity index (χ3v) is 8.60. The van der Waals surface area contributed by atoms with Crippen LogP contribution in [0.3, 0.4) is 0 Å². The Balaban J connectivity index is 1.33.